The molecule has 10 radical (unpaired) electrons. The molecule has 2 bridgehead atoms. The summed E-state index contributed by atoms with van der Waals surface area (Å²) in [6, 6.07) is 0. The molecule has 0 saturated heterocycles. The van der Waals surface area contributed by atoms with E-state index >= 15 is 0 Å². The zero-order valence-electron chi connectivity index (χ0n) is 13.4. The Morgan fingerprint density at radius 3 is 1.19 bits per heavy atom. The first-order chi connectivity index (χ1) is 12.6. The van der Waals surface area contributed by atoms with Crippen LogP contribution in [0.3, 0.4) is 0 Å². The van der Waals surface area contributed by atoms with E-state index < -0.39 is 35.1 Å². The van der Waals surface area contributed by atoms with Gasteiger partial charge >= 0.3 is 0 Å². The minimum absolute atomic E-state index is 0.0968. The van der Waals surface area contributed by atoms with E-state index in [1.165, 1.54) is 0 Å². The summed E-state index contributed by atoms with van der Waals surface area (Å²) in [6.45, 7) is 0. The minimum Gasteiger partial charge on any atom is -0.203 e. The molecule has 0 unspecified atom stereocenters. The third-order valence-electron chi connectivity index (χ3n) is 5.32. The lowest BCUT2D eigenvalue weighted by atomic mass is 9.63. The highest BCUT2D eigenvalue weighted by Gasteiger charge is 2.45. The van der Waals surface area contributed by atoms with Gasteiger partial charge in [-0.1, -0.05) is 23.3 Å². The van der Waals surface area contributed by atoms with Crippen LogP contribution in [0.15, 0.2) is 23.3 Å². The summed E-state index contributed by atoms with van der Waals surface area (Å²) in [5.74, 6) is -5.69. The maximum atomic E-state index is 14.6. The van der Waals surface area contributed by atoms with Crippen molar-refractivity contribution in [2.75, 3.05) is 0 Å². The second-order valence-electron chi connectivity index (χ2n) is 6.63. The predicted octanol–water partition coefficient (Wildman–Crippen LogP) is 5.10. The molecule has 0 heterocycles. The second kappa shape index (κ2) is 5.97. The second-order valence-corrected chi connectivity index (χ2v) is 6.63. The van der Waals surface area contributed by atoms with Crippen LogP contribution in [0.5, 0.6) is 0 Å². The normalized spacial score (nSPS) is 28.5. The predicted molar refractivity (Wildman–Crippen MR) is 88.8 cm³/mol. The number of hydrogen-bond donors (Lipinski definition) is 0. The van der Waals surface area contributed by atoms with Gasteiger partial charge < -0.3 is 0 Å². The minimum atomic E-state index is -1.75. The van der Waals surface area contributed by atoms with E-state index in [1.54, 1.807) is 0 Å². The third-order valence-corrected chi connectivity index (χ3v) is 5.32. The Morgan fingerprint density at radius 2 is 0.846 bits per heavy atom. The maximum absolute atomic E-state index is 14.6. The van der Waals surface area contributed by atoms with Gasteiger partial charge in [0, 0.05) is 34.8 Å². The average Bonchev–Trinajstić information content (AvgIpc) is 3.37. The van der Waals surface area contributed by atoms with Crippen molar-refractivity contribution in [3.63, 3.8) is 0 Å². The standard InChI is InChI=1S/C22H12F4/c23-19-17-15-10-14(12-7-3-4-8-12)16(9-13(15)11-5-1-2-6-11)18(17)20(24)22(26)21(19)25/h1-10,15-16H/t15-,16-/m0/s1. The number of allylic oxidation sites excluding steroid dienone is 4. The number of halogens is 4. The molecule has 0 spiro atoms. The molecule has 4 heteroatoms. The molecule has 2 atom stereocenters. The van der Waals surface area contributed by atoms with Crippen molar-refractivity contribution in [3.05, 3.63) is 121 Å². The van der Waals surface area contributed by atoms with E-state index in [2.05, 4.69) is 0 Å². The Balaban J connectivity index is 1.69. The van der Waals surface area contributed by atoms with Crippen molar-refractivity contribution in [2.45, 2.75) is 11.8 Å². The van der Waals surface area contributed by atoms with Gasteiger partial charge in [-0.3, -0.25) is 0 Å². The highest BCUT2D eigenvalue weighted by Crippen LogP contribution is 2.57. The molecule has 5 aliphatic carbocycles. The number of hydrogen-bond acceptors (Lipinski definition) is 0. The summed E-state index contributed by atoms with van der Waals surface area (Å²) in [5.41, 5.74) is 1.38. The Labute approximate surface area is 151 Å². The van der Waals surface area contributed by atoms with Crippen LogP contribution in [0, 0.1) is 86.5 Å². The van der Waals surface area contributed by atoms with E-state index in [-0.39, 0.29) is 11.1 Å². The molecular formula is C22H12F4. The van der Waals surface area contributed by atoms with Crippen LogP contribution < -0.4 is 0 Å². The van der Waals surface area contributed by atoms with Gasteiger partial charge in [0.15, 0.2) is 23.3 Å². The summed E-state index contributed by atoms with van der Waals surface area (Å²) in [7, 11) is 0. The lowest BCUT2D eigenvalue weighted by Crippen LogP contribution is -2.29. The molecule has 0 aliphatic heterocycles. The van der Waals surface area contributed by atoms with Crippen LogP contribution in [-0.2, 0) is 0 Å². The van der Waals surface area contributed by atoms with Crippen molar-refractivity contribution >= 4 is 0 Å². The molecule has 26 heavy (non-hydrogen) atoms. The monoisotopic (exact) mass is 352 g/mol. The molecule has 2 fully saturated rings. The van der Waals surface area contributed by atoms with Gasteiger partial charge in [0.1, 0.15) is 0 Å². The van der Waals surface area contributed by atoms with Crippen molar-refractivity contribution < 1.29 is 17.6 Å². The lowest BCUT2D eigenvalue weighted by Gasteiger charge is -2.41. The van der Waals surface area contributed by atoms with Crippen LogP contribution in [0.25, 0.3) is 0 Å². The molecule has 2 saturated carbocycles. The lowest BCUT2D eigenvalue weighted by molar-refractivity contribution is 0.393. The topological polar surface area (TPSA) is 0 Å². The molecule has 5 aliphatic rings. The zero-order valence-corrected chi connectivity index (χ0v) is 13.4. The molecule has 0 aromatic heterocycles. The van der Waals surface area contributed by atoms with E-state index in [9.17, 15) is 17.6 Å². The molecule has 128 valence electrons. The number of benzene rings is 1. The van der Waals surface area contributed by atoms with E-state index in [0.29, 0.717) is 0 Å². The fraction of sp³-hybridized carbons (Fsp3) is 0.0909. The molecule has 1 aromatic carbocycles. The first-order valence-corrected chi connectivity index (χ1v) is 8.31. The fourth-order valence-corrected chi connectivity index (χ4v) is 4.18. The Morgan fingerprint density at radius 1 is 0.500 bits per heavy atom. The van der Waals surface area contributed by atoms with Crippen LogP contribution in [0.2, 0.25) is 0 Å². The average molecular weight is 352 g/mol. The van der Waals surface area contributed by atoms with Gasteiger partial charge in [-0.05, 0) is 51.4 Å². The Kier molecular flexibility index (Phi) is 3.81. The van der Waals surface area contributed by atoms with Gasteiger partial charge in [-0.25, -0.2) is 17.6 Å². The van der Waals surface area contributed by atoms with Crippen molar-refractivity contribution in [2.24, 2.45) is 0 Å². The molecule has 0 nitrogen and oxygen atoms in total. The van der Waals surface area contributed by atoms with Crippen molar-refractivity contribution in [1.29, 1.82) is 0 Å². The third kappa shape index (κ3) is 2.20. The highest BCUT2D eigenvalue weighted by atomic mass is 19.2. The van der Waals surface area contributed by atoms with Crippen molar-refractivity contribution in [1.82, 2.24) is 0 Å². The largest absolute Gasteiger partial charge is 0.203 e. The Hall–Kier alpha value is -1.58. The van der Waals surface area contributed by atoms with Crippen LogP contribution in [0.4, 0.5) is 17.6 Å². The molecule has 0 N–H and O–H groups in total. The van der Waals surface area contributed by atoms with Crippen LogP contribution >= 0.6 is 0 Å². The Bertz CT molecular complexity index is 754. The summed E-state index contributed by atoms with van der Waals surface area (Å²) in [4.78, 5) is 0. The van der Waals surface area contributed by atoms with Crippen molar-refractivity contribution in [3.8, 4) is 0 Å². The number of rotatable bonds is 2. The molecule has 0 amide bonds. The van der Waals surface area contributed by atoms with E-state index in [4.69, 9.17) is 0 Å². The first kappa shape index (κ1) is 16.6. The quantitative estimate of drug-likeness (QED) is 0.395. The van der Waals surface area contributed by atoms with Gasteiger partial charge in [0.2, 0.25) is 0 Å². The van der Waals surface area contributed by atoms with Gasteiger partial charge in [-0.15, -0.1) is 0 Å². The summed E-state index contributed by atoms with van der Waals surface area (Å²) < 4.78 is 57.1. The van der Waals surface area contributed by atoms with E-state index in [1.807, 2.05) is 63.5 Å². The summed E-state index contributed by atoms with van der Waals surface area (Å²) in [6.07, 6.45) is 18.6. The van der Waals surface area contributed by atoms with E-state index in [0.717, 1.165) is 23.0 Å². The smallest absolute Gasteiger partial charge is 0.197 e. The SMILES string of the molecule is Fc1c(F)c(F)c2c(c1F)[C@H]1C=C([C]3[CH][CH][CH][CH]3)[C@@H]2C=C1[C]1[CH][CH][CH][CH]1. The highest BCUT2D eigenvalue weighted by molar-refractivity contribution is 5.68. The first-order valence-electron chi connectivity index (χ1n) is 8.31. The summed E-state index contributed by atoms with van der Waals surface area (Å²) in [5, 5.41) is 0. The van der Waals surface area contributed by atoms with Crippen LogP contribution in [0.1, 0.15) is 23.0 Å². The van der Waals surface area contributed by atoms with Gasteiger partial charge in [0.25, 0.3) is 0 Å². The molecule has 1 aromatic rings. The summed E-state index contributed by atoms with van der Waals surface area (Å²) >= 11 is 0. The maximum Gasteiger partial charge on any atom is 0.197 e. The molecule has 6 rings (SSSR count). The van der Waals surface area contributed by atoms with Crippen LogP contribution in [-0.4, -0.2) is 0 Å². The van der Waals surface area contributed by atoms with Gasteiger partial charge in [-0.2, -0.15) is 0 Å². The van der Waals surface area contributed by atoms with Gasteiger partial charge in [0.05, 0.1) is 0 Å². The fourth-order valence-electron chi connectivity index (χ4n) is 4.18. The molecular weight excluding hydrogens is 340 g/mol. The zero-order chi connectivity index (χ0) is 18.0.